The number of rotatable bonds is 3. The van der Waals surface area contributed by atoms with Crippen molar-refractivity contribution in [3.05, 3.63) is 44.8 Å². The topological polar surface area (TPSA) is 47.8 Å². The first-order chi connectivity index (χ1) is 9.51. The Kier molecular flexibility index (Phi) is 4.40. The van der Waals surface area contributed by atoms with Gasteiger partial charge in [-0.3, -0.25) is 9.20 Å². The molecule has 0 bridgehead atoms. The van der Waals surface area contributed by atoms with E-state index in [1.165, 1.54) is 4.40 Å². The van der Waals surface area contributed by atoms with Crippen LogP contribution in [0.3, 0.4) is 0 Å². The lowest BCUT2D eigenvalue weighted by Gasteiger charge is -2.13. The summed E-state index contributed by atoms with van der Waals surface area (Å²) in [5.74, 6) is -0.651. The van der Waals surface area contributed by atoms with Gasteiger partial charge in [0.25, 0.3) is 5.56 Å². The predicted molar refractivity (Wildman–Crippen MR) is 81.3 cm³/mol. The number of hydrogen-bond donors (Lipinski definition) is 1. The average molecular weight is 312 g/mol. The molecule has 2 aromatic heterocycles. The molecule has 0 aromatic carbocycles. The maximum absolute atomic E-state index is 12.4. The van der Waals surface area contributed by atoms with Crippen molar-refractivity contribution in [3.63, 3.8) is 0 Å². The van der Waals surface area contributed by atoms with Gasteiger partial charge in [-0.2, -0.15) is 0 Å². The molecule has 0 atom stereocenters. The van der Waals surface area contributed by atoms with Crippen LogP contribution in [0.25, 0.3) is 5.52 Å². The normalized spacial score (nSPS) is 10.8. The van der Waals surface area contributed by atoms with E-state index < -0.39 is 11.5 Å². The van der Waals surface area contributed by atoms with Gasteiger partial charge >= 0.3 is 5.97 Å². The van der Waals surface area contributed by atoms with Crippen LogP contribution in [0.2, 0.25) is 5.02 Å². The molecule has 2 aromatic rings. The fourth-order valence-electron chi connectivity index (χ4n) is 2.11. The molecule has 2 heterocycles. The fraction of sp³-hybridized carbons (Fsp3) is 0.286. The molecule has 0 saturated heterocycles. The molecule has 0 amide bonds. The Morgan fingerprint density at radius 1 is 1.45 bits per heavy atom. The van der Waals surface area contributed by atoms with Gasteiger partial charge in [0.2, 0.25) is 0 Å². The summed E-state index contributed by atoms with van der Waals surface area (Å²) in [6, 6.07) is 3.29. The summed E-state index contributed by atoms with van der Waals surface area (Å²) < 4.78 is 6.33. The average Bonchev–Trinajstić information content (AvgIpc) is 2.39. The van der Waals surface area contributed by atoms with E-state index in [-0.39, 0.29) is 12.2 Å². The first-order valence-electron chi connectivity index (χ1n) is 6.24. The zero-order valence-electron chi connectivity index (χ0n) is 11.1. The number of esters is 1. The number of carbonyl (C=O) groups is 1. The van der Waals surface area contributed by atoms with Gasteiger partial charge in [0.15, 0.2) is 0 Å². The first-order valence-corrected chi connectivity index (χ1v) is 7.06. The Bertz CT molecular complexity index is 739. The second kappa shape index (κ2) is 5.89. The summed E-state index contributed by atoms with van der Waals surface area (Å²) in [6.07, 6.45) is 2.17. The van der Waals surface area contributed by atoms with Crippen molar-refractivity contribution >= 4 is 35.7 Å². The highest BCUT2D eigenvalue weighted by molar-refractivity contribution is 7.80. The summed E-state index contributed by atoms with van der Waals surface area (Å²) in [5, 5.41) is 0.524. The summed E-state index contributed by atoms with van der Waals surface area (Å²) in [5.41, 5.74) is 0.964. The Labute approximate surface area is 126 Å². The van der Waals surface area contributed by atoms with Crippen molar-refractivity contribution in [1.29, 1.82) is 0 Å². The monoisotopic (exact) mass is 311 g/mol. The van der Waals surface area contributed by atoms with Crippen molar-refractivity contribution in [2.24, 2.45) is 0 Å². The largest absolute Gasteiger partial charge is 0.462 e. The third-order valence-corrected chi connectivity index (χ3v) is 3.74. The van der Waals surface area contributed by atoms with E-state index in [4.69, 9.17) is 16.3 Å². The van der Waals surface area contributed by atoms with Gasteiger partial charge in [-0.05, 0) is 31.0 Å². The molecular weight excluding hydrogens is 298 g/mol. The van der Waals surface area contributed by atoms with Gasteiger partial charge in [-0.1, -0.05) is 18.5 Å². The van der Waals surface area contributed by atoms with Crippen LogP contribution in [0.4, 0.5) is 0 Å². The number of carbonyl (C=O) groups excluding carboxylic acids is 1. The number of fused-ring (bicyclic) bond motifs is 1. The summed E-state index contributed by atoms with van der Waals surface area (Å²) in [7, 11) is 0. The number of pyridine rings is 2. The Morgan fingerprint density at radius 2 is 2.15 bits per heavy atom. The minimum atomic E-state index is -0.651. The van der Waals surface area contributed by atoms with Crippen LogP contribution in [-0.2, 0) is 11.2 Å². The molecule has 0 fully saturated rings. The zero-order valence-corrected chi connectivity index (χ0v) is 12.8. The van der Waals surface area contributed by atoms with Crippen LogP contribution >= 0.6 is 24.2 Å². The Hall–Kier alpha value is -1.46. The smallest absolute Gasteiger partial charge is 0.344 e. The SMILES string of the molecule is CCOC(=O)c1c(S)c(CC)c2cc(Cl)ccn2c1=O. The highest BCUT2D eigenvalue weighted by atomic mass is 35.5. The Balaban J connectivity index is 2.88. The van der Waals surface area contributed by atoms with E-state index in [0.29, 0.717) is 21.9 Å². The molecule has 0 radical (unpaired) electrons. The van der Waals surface area contributed by atoms with Gasteiger partial charge in [-0.15, -0.1) is 12.6 Å². The number of aromatic nitrogens is 1. The first kappa shape index (κ1) is 14.9. The van der Waals surface area contributed by atoms with Crippen molar-refractivity contribution in [2.75, 3.05) is 6.61 Å². The van der Waals surface area contributed by atoms with E-state index >= 15 is 0 Å². The molecule has 0 aliphatic heterocycles. The van der Waals surface area contributed by atoms with Crippen molar-refractivity contribution < 1.29 is 9.53 Å². The van der Waals surface area contributed by atoms with Crippen LogP contribution in [0.15, 0.2) is 28.0 Å². The number of halogens is 1. The van der Waals surface area contributed by atoms with Gasteiger partial charge < -0.3 is 4.74 Å². The molecule has 2 rings (SSSR count). The number of aryl methyl sites for hydroxylation is 1. The van der Waals surface area contributed by atoms with Crippen LogP contribution in [0, 0.1) is 0 Å². The summed E-state index contributed by atoms with van der Waals surface area (Å²) in [4.78, 5) is 24.7. The van der Waals surface area contributed by atoms with Crippen molar-refractivity contribution in [3.8, 4) is 0 Å². The number of hydrogen-bond acceptors (Lipinski definition) is 4. The zero-order chi connectivity index (χ0) is 14.9. The molecule has 106 valence electrons. The number of nitrogens with zero attached hydrogens (tertiary/aromatic N) is 1. The quantitative estimate of drug-likeness (QED) is 0.700. The molecule has 0 N–H and O–H groups in total. The van der Waals surface area contributed by atoms with Gasteiger partial charge in [-0.25, -0.2) is 4.79 Å². The van der Waals surface area contributed by atoms with Crippen LogP contribution in [0.1, 0.15) is 29.8 Å². The highest BCUT2D eigenvalue weighted by Gasteiger charge is 2.21. The lowest BCUT2D eigenvalue weighted by Crippen LogP contribution is -2.25. The third kappa shape index (κ3) is 2.43. The molecule has 0 spiro atoms. The Morgan fingerprint density at radius 3 is 2.75 bits per heavy atom. The second-order valence-electron chi connectivity index (χ2n) is 4.18. The third-order valence-electron chi connectivity index (χ3n) is 3.01. The minimum absolute atomic E-state index is 0.0353. The van der Waals surface area contributed by atoms with Gasteiger partial charge in [0.1, 0.15) is 5.56 Å². The molecule has 0 unspecified atom stereocenters. The van der Waals surface area contributed by atoms with E-state index in [9.17, 15) is 9.59 Å². The summed E-state index contributed by atoms with van der Waals surface area (Å²) in [6.45, 7) is 3.82. The van der Waals surface area contributed by atoms with Crippen molar-refractivity contribution in [1.82, 2.24) is 4.40 Å². The molecule has 20 heavy (non-hydrogen) atoms. The molecule has 0 aliphatic rings. The van der Waals surface area contributed by atoms with E-state index in [0.717, 1.165) is 5.56 Å². The number of ether oxygens (including phenoxy) is 1. The molecule has 6 heteroatoms. The van der Waals surface area contributed by atoms with Crippen LogP contribution < -0.4 is 5.56 Å². The van der Waals surface area contributed by atoms with Gasteiger partial charge in [0.05, 0.1) is 12.1 Å². The maximum atomic E-state index is 12.4. The van der Waals surface area contributed by atoms with E-state index in [1.54, 1.807) is 25.3 Å². The molecule has 4 nitrogen and oxygen atoms in total. The molecule has 0 saturated carbocycles. The number of thiol groups is 1. The van der Waals surface area contributed by atoms with Gasteiger partial charge in [0, 0.05) is 16.1 Å². The fourth-order valence-corrected chi connectivity index (χ4v) is 2.73. The maximum Gasteiger partial charge on any atom is 0.344 e. The van der Waals surface area contributed by atoms with Crippen LogP contribution in [-0.4, -0.2) is 17.0 Å². The van der Waals surface area contributed by atoms with Crippen molar-refractivity contribution in [2.45, 2.75) is 25.2 Å². The molecular formula is C14H14ClNO3S. The lowest BCUT2D eigenvalue weighted by atomic mass is 10.1. The summed E-state index contributed by atoms with van der Waals surface area (Å²) >= 11 is 10.3. The van der Waals surface area contributed by atoms with E-state index in [2.05, 4.69) is 12.6 Å². The standard InChI is InChI=1S/C14H14ClNO3S/c1-3-9-10-7-8(15)5-6-16(10)13(17)11(12(9)20)14(18)19-4-2/h5-7,20H,3-4H2,1-2H3. The minimum Gasteiger partial charge on any atom is -0.462 e. The second-order valence-corrected chi connectivity index (χ2v) is 5.07. The van der Waals surface area contributed by atoms with E-state index in [1.807, 2.05) is 6.92 Å². The predicted octanol–water partition coefficient (Wildman–Crippen LogP) is 2.98. The highest BCUT2D eigenvalue weighted by Crippen LogP contribution is 2.24. The lowest BCUT2D eigenvalue weighted by molar-refractivity contribution is 0.0519. The van der Waals surface area contributed by atoms with Crippen LogP contribution in [0.5, 0.6) is 0 Å². The molecule has 0 aliphatic carbocycles.